The maximum Gasteiger partial charge on any atom is 0.308 e. The number of carbonyl (C=O) groups excluding carboxylic acids is 2. The molecule has 0 bridgehead atoms. The van der Waals surface area contributed by atoms with Gasteiger partial charge in [0, 0.05) is 19.6 Å². The van der Waals surface area contributed by atoms with Crippen LogP contribution in [0.4, 0.5) is 0 Å². The molecule has 1 aromatic rings. The number of hydrogen-bond donors (Lipinski definition) is 3. The van der Waals surface area contributed by atoms with E-state index in [2.05, 4.69) is 10.6 Å². The molecule has 0 aromatic heterocycles. The second-order valence-corrected chi connectivity index (χ2v) is 8.87. The summed E-state index contributed by atoms with van der Waals surface area (Å²) in [5, 5.41) is 15.7. The Kier molecular flexibility index (Phi) is 9.28. The minimum absolute atomic E-state index is 0.0349. The number of nitrogens with one attached hydrogen (secondary N) is 2. The van der Waals surface area contributed by atoms with E-state index in [1.807, 2.05) is 36.4 Å². The van der Waals surface area contributed by atoms with Crippen molar-refractivity contribution in [2.45, 2.75) is 38.5 Å². The van der Waals surface area contributed by atoms with E-state index in [9.17, 15) is 19.5 Å². The number of benzene rings is 1. The molecule has 32 heavy (non-hydrogen) atoms. The number of piperidine rings is 2. The first-order valence-corrected chi connectivity index (χ1v) is 11.7. The van der Waals surface area contributed by atoms with Gasteiger partial charge in [0.1, 0.15) is 0 Å². The predicted molar refractivity (Wildman–Crippen MR) is 123 cm³/mol. The smallest absolute Gasteiger partial charge is 0.308 e. The Hall–Kier alpha value is -2.67. The van der Waals surface area contributed by atoms with Gasteiger partial charge in [-0.05, 0) is 69.2 Å². The Morgan fingerprint density at radius 2 is 1.91 bits per heavy atom. The Morgan fingerprint density at radius 1 is 1.16 bits per heavy atom. The normalized spacial score (nSPS) is 20.8. The summed E-state index contributed by atoms with van der Waals surface area (Å²) in [6, 6.07) is 9.75. The number of aliphatic carboxylic acids is 1. The van der Waals surface area contributed by atoms with Gasteiger partial charge in [0.15, 0.2) is 0 Å². The van der Waals surface area contributed by atoms with Crippen LogP contribution in [0.5, 0.6) is 0 Å². The summed E-state index contributed by atoms with van der Waals surface area (Å²) in [6.07, 6.45) is 8.39. The molecule has 0 saturated carbocycles. The molecule has 7 heteroatoms. The third-order valence-corrected chi connectivity index (χ3v) is 6.49. The van der Waals surface area contributed by atoms with Crippen molar-refractivity contribution in [1.29, 1.82) is 0 Å². The van der Waals surface area contributed by atoms with Crippen molar-refractivity contribution >= 4 is 17.8 Å². The molecule has 2 aliphatic rings. The van der Waals surface area contributed by atoms with E-state index in [4.69, 9.17) is 0 Å². The predicted octanol–water partition coefficient (Wildman–Crippen LogP) is 2.23. The molecule has 2 heterocycles. The molecule has 2 saturated heterocycles. The van der Waals surface area contributed by atoms with Crippen molar-refractivity contribution < 1.29 is 19.5 Å². The minimum Gasteiger partial charge on any atom is -0.481 e. The number of amides is 2. The van der Waals surface area contributed by atoms with Gasteiger partial charge in [0.25, 0.3) is 0 Å². The highest BCUT2D eigenvalue weighted by molar-refractivity contribution is 5.88. The van der Waals surface area contributed by atoms with Crippen LogP contribution in [0.3, 0.4) is 0 Å². The first-order chi connectivity index (χ1) is 15.5. The molecular formula is C25H35N3O4. The van der Waals surface area contributed by atoms with Crippen molar-refractivity contribution in [3.63, 3.8) is 0 Å². The van der Waals surface area contributed by atoms with E-state index in [-0.39, 0.29) is 24.3 Å². The van der Waals surface area contributed by atoms with Gasteiger partial charge in [0.05, 0.1) is 11.8 Å². The number of carboxylic acids is 1. The van der Waals surface area contributed by atoms with Crippen molar-refractivity contribution in [1.82, 2.24) is 15.5 Å². The van der Waals surface area contributed by atoms with Crippen molar-refractivity contribution in [3.8, 4) is 0 Å². The number of rotatable bonds is 9. The number of nitrogens with zero attached hydrogens (tertiary/aromatic N) is 1. The molecule has 0 radical (unpaired) electrons. The van der Waals surface area contributed by atoms with E-state index in [0.717, 1.165) is 44.3 Å². The summed E-state index contributed by atoms with van der Waals surface area (Å²) in [5.74, 6) is -1.57. The quantitative estimate of drug-likeness (QED) is 0.511. The van der Waals surface area contributed by atoms with E-state index >= 15 is 0 Å². The molecule has 0 unspecified atom stereocenters. The molecular weight excluding hydrogens is 406 g/mol. The summed E-state index contributed by atoms with van der Waals surface area (Å²) in [5.41, 5.74) is 1.09. The molecule has 1 aromatic carbocycles. The summed E-state index contributed by atoms with van der Waals surface area (Å²) in [7, 11) is 0. The molecule has 2 fully saturated rings. The summed E-state index contributed by atoms with van der Waals surface area (Å²) < 4.78 is 0. The largest absolute Gasteiger partial charge is 0.481 e. The molecule has 2 atom stereocenters. The van der Waals surface area contributed by atoms with E-state index < -0.39 is 11.9 Å². The highest BCUT2D eigenvalue weighted by atomic mass is 16.4. The van der Waals surface area contributed by atoms with E-state index in [1.54, 1.807) is 11.0 Å². The van der Waals surface area contributed by atoms with Gasteiger partial charge in [-0.1, -0.05) is 36.4 Å². The van der Waals surface area contributed by atoms with Gasteiger partial charge < -0.3 is 20.6 Å². The van der Waals surface area contributed by atoms with Crippen LogP contribution in [0, 0.1) is 17.8 Å². The Balaban J connectivity index is 1.45. The summed E-state index contributed by atoms with van der Waals surface area (Å²) >= 11 is 0. The van der Waals surface area contributed by atoms with Gasteiger partial charge in [0.2, 0.25) is 11.8 Å². The maximum atomic E-state index is 12.7. The van der Waals surface area contributed by atoms with Crippen LogP contribution in [0.15, 0.2) is 42.5 Å². The number of carboxylic acid groups (broad SMARTS) is 1. The molecule has 2 aliphatic heterocycles. The lowest BCUT2D eigenvalue weighted by atomic mass is 9.95. The number of allylic oxidation sites excluding steroid dienone is 1. The number of carbonyl (C=O) groups is 3. The highest BCUT2D eigenvalue weighted by Gasteiger charge is 2.28. The van der Waals surface area contributed by atoms with Gasteiger partial charge in [-0.15, -0.1) is 0 Å². The Bertz CT molecular complexity index is 790. The zero-order chi connectivity index (χ0) is 22.8. The third-order valence-electron chi connectivity index (χ3n) is 6.49. The zero-order valence-electron chi connectivity index (χ0n) is 18.7. The number of likely N-dealkylation sites (tertiary alicyclic amines) is 1. The molecule has 3 N–H and O–H groups in total. The van der Waals surface area contributed by atoms with E-state index in [0.29, 0.717) is 31.8 Å². The SMILES string of the molecule is O=C(O)[C@H](CCc1ccccc1)CNC(=O)[C@@H]1CCCN(C(=O)/C=C/C2CCNCC2)C1. The maximum absolute atomic E-state index is 12.7. The van der Waals surface area contributed by atoms with Crippen molar-refractivity contribution in [3.05, 3.63) is 48.0 Å². The fourth-order valence-electron chi connectivity index (χ4n) is 4.42. The Morgan fingerprint density at radius 3 is 2.62 bits per heavy atom. The first kappa shape index (κ1) is 24.0. The van der Waals surface area contributed by atoms with Crippen LogP contribution in [0.1, 0.15) is 37.7 Å². The number of hydrogen-bond acceptors (Lipinski definition) is 4. The van der Waals surface area contributed by atoms with Crippen LogP contribution < -0.4 is 10.6 Å². The second kappa shape index (κ2) is 12.4. The second-order valence-electron chi connectivity index (χ2n) is 8.87. The van der Waals surface area contributed by atoms with Crippen LogP contribution in [-0.4, -0.2) is 60.5 Å². The Labute approximate surface area is 190 Å². The molecule has 7 nitrogen and oxygen atoms in total. The van der Waals surface area contributed by atoms with Gasteiger partial charge >= 0.3 is 5.97 Å². The monoisotopic (exact) mass is 441 g/mol. The molecule has 3 rings (SSSR count). The lowest BCUT2D eigenvalue weighted by molar-refractivity contribution is -0.142. The fraction of sp³-hybridized carbons (Fsp3) is 0.560. The van der Waals surface area contributed by atoms with Crippen LogP contribution in [-0.2, 0) is 20.8 Å². The minimum atomic E-state index is -0.898. The third kappa shape index (κ3) is 7.48. The molecule has 0 spiro atoms. The topological polar surface area (TPSA) is 98.7 Å². The van der Waals surface area contributed by atoms with Crippen molar-refractivity contribution in [2.24, 2.45) is 17.8 Å². The zero-order valence-corrected chi connectivity index (χ0v) is 18.7. The van der Waals surface area contributed by atoms with Gasteiger partial charge in [-0.2, -0.15) is 0 Å². The van der Waals surface area contributed by atoms with Crippen LogP contribution >= 0.6 is 0 Å². The van der Waals surface area contributed by atoms with Crippen LogP contribution in [0.2, 0.25) is 0 Å². The highest BCUT2D eigenvalue weighted by Crippen LogP contribution is 2.19. The fourth-order valence-corrected chi connectivity index (χ4v) is 4.42. The lowest BCUT2D eigenvalue weighted by Crippen LogP contribution is -2.46. The average molecular weight is 442 g/mol. The van der Waals surface area contributed by atoms with Crippen molar-refractivity contribution in [2.75, 3.05) is 32.7 Å². The molecule has 2 amide bonds. The number of aryl methyl sites for hydroxylation is 1. The molecule has 0 aliphatic carbocycles. The lowest BCUT2D eigenvalue weighted by Gasteiger charge is -2.31. The van der Waals surface area contributed by atoms with Gasteiger partial charge in [-0.25, -0.2) is 0 Å². The van der Waals surface area contributed by atoms with Gasteiger partial charge in [-0.3, -0.25) is 14.4 Å². The summed E-state index contributed by atoms with van der Waals surface area (Å²) in [4.78, 5) is 38.7. The standard InChI is InChI=1S/C25H35N3O4/c29-23(11-9-20-12-14-26-15-13-20)28-16-4-7-22(18-28)24(30)27-17-21(25(31)32)10-8-19-5-2-1-3-6-19/h1-3,5-6,9,11,20-22,26H,4,7-8,10,12-18H2,(H,27,30)(H,31,32)/b11-9+/t21-,22-/m1/s1. The first-order valence-electron chi connectivity index (χ1n) is 11.7. The van der Waals surface area contributed by atoms with Crippen LogP contribution in [0.25, 0.3) is 0 Å². The van der Waals surface area contributed by atoms with E-state index in [1.165, 1.54) is 0 Å². The molecule has 174 valence electrons. The summed E-state index contributed by atoms with van der Waals surface area (Å²) in [6.45, 7) is 3.13. The average Bonchev–Trinajstić information content (AvgIpc) is 2.83.